The van der Waals surface area contributed by atoms with E-state index in [9.17, 15) is 0 Å². The molecule has 2 aromatic heterocycles. The molecule has 1 unspecified atom stereocenters. The van der Waals surface area contributed by atoms with Crippen LogP contribution in [0, 0.1) is 0 Å². The maximum absolute atomic E-state index is 6.02. The number of anilines is 2. The van der Waals surface area contributed by atoms with Crippen LogP contribution in [-0.4, -0.2) is 48.1 Å². The molecule has 1 fully saturated rings. The van der Waals surface area contributed by atoms with Crippen LogP contribution in [0.15, 0.2) is 24.4 Å². The number of likely N-dealkylation sites (tertiary alicyclic amines) is 1. The molecule has 1 aliphatic heterocycles. The Morgan fingerprint density at radius 1 is 1.39 bits per heavy atom. The fourth-order valence-corrected chi connectivity index (χ4v) is 3.95. The zero-order valence-electron chi connectivity index (χ0n) is 13.5. The van der Waals surface area contributed by atoms with Crippen molar-refractivity contribution in [2.45, 2.75) is 25.4 Å². The minimum Gasteiger partial charge on any atom is -0.363 e. The minimum atomic E-state index is 0.386. The Balaban J connectivity index is 1.59. The molecule has 1 saturated heterocycles. The molecule has 0 aliphatic carbocycles. The lowest BCUT2D eigenvalue weighted by atomic mass is 10.1. The van der Waals surface area contributed by atoms with Gasteiger partial charge in [-0.15, -0.1) is 11.3 Å². The average molecular weight is 352 g/mol. The second kappa shape index (κ2) is 7.47. The first-order chi connectivity index (χ1) is 11.1. The van der Waals surface area contributed by atoms with E-state index in [1.54, 1.807) is 17.5 Å². The van der Waals surface area contributed by atoms with Crippen molar-refractivity contribution < 1.29 is 0 Å². The van der Waals surface area contributed by atoms with E-state index in [0.29, 0.717) is 12.0 Å². The summed E-state index contributed by atoms with van der Waals surface area (Å²) in [5.41, 5.74) is 0. The molecular formula is C16H22ClN5S. The smallest absolute Gasteiger partial charge is 0.224 e. The molecule has 0 aromatic carbocycles. The molecule has 3 heterocycles. The van der Waals surface area contributed by atoms with Gasteiger partial charge in [0.05, 0.1) is 4.34 Å². The highest BCUT2D eigenvalue weighted by Crippen LogP contribution is 2.24. The zero-order valence-corrected chi connectivity index (χ0v) is 15.1. The van der Waals surface area contributed by atoms with Crippen LogP contribution in [-0.2, 0) is 6.54 Å². The van der Waals surface area contributed by atoms with E-state index in [-0.39, 0.29) is 0 Å². The summed E-state index contributed by atoms with van der Waals surface area (Å²) in [7, 11) is 3.97. The molecule has 1 N–H and O–H groups in total. The van der Waals surface area contributed by atoms with Gasteiger partial charge in [0.25, 0.3) is 0 Å². The van der Waals surface area contributed by atoms with E-state index in [4.69, 9.17) is 11.6 Å². The summed E-state index contributed by atoms with van der Waals surface area (Å²) in [6.45, 7) is 3.10. The van der Waals surface area contributed by atoms with Crippen molar-refractivity contribution in [3.63, 3.8) is 0 Å². The predicted octanol–water partition coefficient (Wildman–Crippen LogP) is 3.33. The van der Waals surface area contributed by atoms with Gasteiger partial charge in [0.15, 0.2) is 0 Å². The normalized spacial score (nSPS) is 18.8. The van der Waals surface area contributed by atoms with Crippen molar-refractivity contribution in [3.8, 4) is 0 Å². The van der Waals surface area contributed by atoms with Crippen LogP contribution in [0.25, 0.3) is 0 Å². The molecular weight excluding hydrogens is 330 g/mol. The van der Waals surface area contributed by atoms with E-state index < -0.39 is 0 Å². The van der Waals surface area contributed by atoms with Gasteiger partial charge in [-0.1, -0.05) is 11.6 Å². The standard InChI is InChI=1S/C16H22ClN5S/c1-21(2)15-7-8-18-16(20-15)19-12-4-3-9-22(10-12)11-13-5-6-14(17)23-13/h5-8,12H,3-4,9-11H2,1-2H3,(H,18,19,20). The summed E-state index contributed by atoms with van der Waals surface area (Å²) in [6, 6.07) is 6.39. The summed E-state index contributed by atoms with van der Waals surface area (Å²) in [6.07, 6.45) is 4.14. The number of rotatable bonds is 5. The molecule has 3 rings (SSSR count). The third-order valence-corrected chi connectivity index (χ3v) is 5.16. The average Bonchev–Trinajstić information content (AvgIpc) is 2.93. The van der Waals surface area contributed by atoms with Gasteiger partial charge in [-0.3, -0.25) is 4.90 Å². The Bertz CT molecular complexity index is 645. The number of hydrogen-bond donors (Lipinski definition) is 1. The Kier molecular flexibility index (Phi) is 5.35. The number of nitrogens with one attached hydrogen (secondary N) is 1. The van der Waals surface area contributed by atoms with E-state index in [1.165, 1.54) is 11.3 Å². The Labute approximate surface area is 146 Å². The second-order valence-corrected chi connectivity index (χ2v) is 7.86. The lowest BCUT2D eigenvalue weighted by Gasteiger charge is -2.32. The fraction of sp³-hybridized carbons (Fsp3) is 0.500. The SMILES string of the molecule is CN(C)c1ccnc(NC2CCCN(Cc3ccc(Cl)s3)C2)n1. The van der Waals surface area contributed by atoms with Gasteiger partial charge in [-0.05, 0) is 37.6 Å². The summed E-state index contributed by atoms with van der Waals surface area (Å²) < 4.78 is 0.862. The number of hydrogen-bond acceptors (Lipinski definition) is 6. The van der Waals surface area contributed by atoms with Crippen LogP contribution >= 0.6 is 22.9 Å². The number of piperidine rings is 1. The summed E-state index contributed by atoms with van der Waals surface area (Å²) in [5, 5.41) is 3.48. The highest BCUT2D eigenvalue weighted by Gasteiger charge is 2.21. The quantitative estimate of drug-likeness (QED) is 0.895. The van der Waals surface area contributed by atoms with Crippen molar-refractivity contribution in [1.29, 1.82) is 0 Å². The van der Waals surface area contributed by atoms with Crippen molar-refractivity contribution in [2.75, 3.05) is 37.4 Å². The molecule has 124 valence electrons. The number of thiophene rings is 1. The van der Waals surface area contributed by atoms with E-state index in [2.05, 4.69) is 26.3 Å². The van der Waals surface area contributed by atoms with Gasteiger partial charge < -0.3 is 10.2 Å². The van der Waals surface area contributed by atoms with Gasteiger partial charge >= 0.3 is 0 Å². The highest BCUT2D eigenvalue weighted by atomic mass is 35.5. The van der Waals surface area contributed by atoms with Gasteiger partial charge in [-0.2, -0.15) is 4.98 Å². The molecule has 1 atom stereocenters. The predicted molar refractivity (Wildman–Crippen MR) is 97.6 cm³/mol. The van der Waals surface area contributed by atoms with Crippen LogP contribution in [0.5, 0.6) is 0 Å². The largest absolute Gasteiger partial charge is 0.363 e. The van der Waals surface area contributed by atoms with Crippen LogP contribution in [0.2, 0.25) is 4.34 Å². The first-order valence-electron chi connectivity index (χ1n) is 7.83. The zero-order chi connectivity index (χ0) is 16.2. The van der Waals surface area contributed by atoms with Crippen molar-refractivity contribution in [2.24, 2.45) is 0 Å². The maximum Gasteiger partial charge on any atom is 0.224 e. The molecule has 2 aromatic rings. The molecule has 0 amide bonds. The lowest BCUT2D eigenvalue weighted by molar-refractivity contribution is 0.210. The van der Waals surface area contributed by atoms with Crippen LogP contribution in [0.4, 0.5) is 11.8 Å². The summed E-state index contributed by atoms with van der Waals surface area (Å²) in [5.74, 6) is 1.63. The van der Waals surface area contributed by atoms with Gasteiger partial charge in [-0.25, -0.2) is 4.98 Å². The lowest BCUT2D eigenvalue weighted by Crippen LogP contribution is -2.41. The maximum atomic E-state index is 6.02. The first kappa shape index (κ1) is 16.5. The number of nitrogens with zero attached hydrogens (tertiary/aromatic N) is 4. The van der Waals surface area contributed by atoms with E-state index in [1.807, 2.05) is 31.1 Å². The van der Waals surface area contributed by atoms with E-state index in [0.717, 1.165) is 36.2 Å². The molecule has 1 aliphatic rings. The van der Waals surface area contributed by atoms with Crippen molar-refractivity contribution >= 4 is 34.7 Å². The van der Waals surface area contributed by atoms with Crippen LogP contribution in [0.3, 0.4) is 0 Å². The number of aromatic nitrogens is 2. The van der Waals surface area contributed by atoms with Crippen molar-refractivity contribution in [1.82, 2.24) is 14.9 Å². The Morgan fingerprint density at radius 2 is 2.26 bits per heavy atom. The summed E-state index contributed by atoms with van der Waals surface area (Å²) >= 11 is 7.69. The third-order valence-electron chi connectivity index (χ3n) is 3.95. The molecule has 0 bridgehead atoms. The van der Waals surface area contributed by atoms with Gasteiger partial charge in [0, 0.05) is 44.3 Å². The molecule has 0 saturated carbocycles. The summed E-state index contributed by atoms with van der Waals surface area (Å²) in [4.78, 5) is 14.7. The minimum absolute atomic E-state index is 0.386. The first-order valence-corrected chi connectivity index (χ1v) is 9.03. The van der Waals surface area contributed by atoms with Crippen molar-refractivity contribution in [3.05, 3.63) is 33.6 Å². The van der Waals surface area contributed by atoms with Crippen LogP contribution in [0.1, 0.15) is 17.7 Å². The van der Waals surface area contributed by atoms with Crippen LogP contribution < -0.4 is 10.2 Å². The Hall–Kier alpha value is -1.37. The molecule has 0 radical (unpaired) electrons. The number of halogens is 1. The Morgan fingerprint density at radius 3 is 3.00 bits per heavy atom. The molecule has 0 spiro atoms. The van der Waals surface area contributed by atoms with Gasteiger partial charge in [0.2, 0.25) is 5.95 Å². The third kappa shape index (κ3) is 4.56. The second-order valence-electron chi connectivity index (χ2n) is 6.06. The molecule has 23 heavy (non-hydrogen) atoms. The van der Waals surface area contributed by atoms with E-state index >= 15 is 0 Å². The highest BCUT2D eigenvalue weighted by molar-refractivity contribution is 7.16. The molecule has 5 nitrogen and oxygen atoms in total. The topological polar surface area (TPSA) is 44.3 Å². The van der Waals surface area contributed by atoms with Gasteiger partial charge in [0.1, 0.15) is 5.82 Å². The fourth-order valence-electron chi connectivity index (χ4n) is 2.82. The molecule has 7 heteroatoms. The monoisotopic (exact) mass is 351 g/mol.